The van der Waals surface area contributed by atoms with Crippen molar-refractivity contribution in [3.05, 3.63) is 24.0 Å². The van der Waals surface area contributed by atoms with Gasteiger partial charge < -0.3 is 9.47 Å². The number of ether oxygens (including phenoxy) is 2. The maximum absolute atomic E-state index is 12.6. The van der Waals surface area contributed by atoms with Gasteiger partial charge in [0.05, 0.1) is 12.8 Å². The number of pyridine rings is 1. The van der Waals surface area contributed by atoms with E-state index in [1.54, 1.807) is 18.5 Å². The highest BCUT2D eigenvalue weighted by atomic mass is 16.5. The molecule has 0 saturated carbocycles. The molecule has 0 amide bonds. The summed E-state index contributed by atoms with van der Waals surface area (Å²) >= 11 is 0. The van der Waals surface area contributed by atoms with Gasteiger partial charge in [0.25, 0.3) is 0 Å². The lowest BCUT2D eigenvalue weighted by molar-refractivity contribution is -0.000265. The monoisotopic (exact) mass is 279 g/mol. The molecule has 4 nitrogen and oxygen atoms in total. The van der Waals surface area contributed by atoms with Gasteiger partial charge in [-0.1, -0.05) is 27.7 Å². The first kappa shape index (κ1) is 16.6. The normalized spacial score (nSPS) is 13.1. The number of carbonyl (C=O) groups is 1. The van der Waals surface area contributed by atoms with E-state index in [1.165, 1.54) is 0 Å². The van der Waals surface area contributed by atoms with Gasteiger partial charge in [0.2, 0.25) is 0 Å². The van der Waals surface area contributed by atoms with Crippen LogP contribution in [0.2, 0.25) is 0 Å². The molecule has 0 N–H and O–H groups in total. The average Bonchev–Trinajstić information content (AvgIpc) is 2.41. The van der Waals surface area contributed by atoms with Crippen molar-refractivity contribution in [3.8, 4) is 5.75 Å². The smallest absolute Gasteiger partial charge is 0.193 e. The Kier molecular flexibility index (Phi) is 6.14. The number of carbonyl (C=O) groups excluding carboxylic acids is 1. The van der Waals surface area contributed by atoms with Gasteiger partial charge in [0, 0.05) is 18.4 Å². The largest absolute Gasteiger partial charge is 0.492 e. The van der Waals surface area contributed by atoms with E-state index in [4.69, 9.17) is 9.47 Å². The summed E-state index contributed by atoms with van der Waals surface area (Å²) in [5, 5.41) is 0. The van der Waals surface area contributed by atoms with Crippen molar-refractivity contribution < 1.29 is 14.3 Å². The van der Waals surface area contributed by atoms with Crippen LogP contribution in [0.4, 0.5) is 0 Å². The Morgan fingerprint density at radius 2 is 2.00 bits per heavy atom. The van der Waals surface area contributed by atoms with E-state index >= 15 is 0 Å². The summed E-state index contributed by atoms with van der Waals surface area (Å²) in [6.45, 7) is 11.0. The summed E-state index contributed by atoms with van der Waals surface area (Å²) in [6, 6.07) is 1.74. The van der Waals surface area contributed by atoms with Crippen LogP contribution in [0.5, 0.6) is 5.75 Å². The quantitative estimate of drug-likeness (QED) is 0.717. The van der Waals surface area contributed by atoms with Crippen LogP contribution in [-0.2, 0) is 4.74 Å². The number of hydrogen-bond donors (Lipinski definition) is 0. The van der Waals surface area contributed by atoms with Crippen LogP contribution < -0.4 is 4.74 Å². The van der Waals surface area contributed by atoms with E-state index < -0.39 is 6.10 Å². The second-order valence-electron chi connectivity index (χ2n) is 5.82. The zero-order valence-electron chi connectivity index (χ0n) is 13.1. The van der Waals surface area contributed by atoms with E-state index in [-0.39, 0.29) is 11.2 Å². The van der Waals surface area contributed by atoms with E-state index in [9.17, 15) is 4.79 Å². The first-order valence-corrected chi connectivity index (χ1v) is 7.13. The lowest BCUT2D eigenvalue weighted by Crippen LogP contribution is -2.37. The number of nitrogens with zero attached hydrogens (tertiary/aromatic N) is 1. The van der Waals surface area contributed by atoms with E-state index in [2.05, 4.69) is 4.98 Å². The van der Waals surface area contributed by atoms with Crippen molar-refractivity contribution >= 4 is 5.78 Å². The second-order valence-corrected chi connectivity index (χ2v) is 5.82. The van der Waals surface area contributed by atoms with Gasteiger partial charge in [-0.15, -0.1) is 0 Å². The average molecular weight is 279 g/mol. The third-order valence-electron chi connectivity index (χ3n) is 2.83. The maximum Gasteiger partial charge on any atom is 0.193 e. The van der Waals surface area contributed by atoms with E-state index in [1.807, 2.05) is 34.6 Å². The van der Waals surface area contributed by atoms with Gasteiger partial charge in [-0.3, -0.25) is 9.78 Å². The molecule has 0 radical (unpaired) electrons. The molecule has 1 unspecified atom stereocenters. The Morgan fingerprint density at radius 1 is 1.30 bits per heavy atom. The van der Waals surface area contributed by atoms with Gasteiger partial charge in [0.15, 0.2) is 5.78 Å². The molecule has 0 fully saturated rings. The van der Waals surface area contributed by atoms with Crippen LogP contribution in [0.25, 0.3) is 0 Å². The predicted molar refractivity (Wildman–Crippen MR) is 79.2 cm³/mol. The predicted octanol–water partition coefficient (Wildman–Crippen LogP) is 3.50. The van der Waals surface area contributed by atoms with Crippen molar-refractivity contribution in [1.82, 2.24) is 4.98 Å². The molecular formula is C16H25NO3. The molecule has 0 aromatic carbocycles. The highest BCUT2D eigenvalue weighted by Crippen LogP contribution is 2.26. The fourth-order valence-corrected chi connectivity index (χ4v) is 1.89. The summed E-state index contributed by atoms with van der Waals surface area (Å²) in [6.07, 6.45) is 3.63. The van der Waals surface area contributed by atoms with Crippen LogP contribution in [0.3, 0.4) is 0 Å². The zero-order valence-corrected chi connectivity index (χ0v) is 13.1. The first-order valence-electron chi connectivity index (χ1n) is 7.13. The van der Waals surface area contributed by atoms with Gasteiger partial charge in [0.1, 0.15) is 11.9 Å². The maximum atomic E-state index is 12.6. The van der Waals surface area contributed by atoms with Gasteiger partial charge in [-0.25, -0.2) is 0 Å². The molecular weight excluding hydrogens is 254 g/mol. The molecule has 1 aromatic heterocycles. The molecule has 0 aliphatic carbocycles. The molecule has 1 atom stereocenters. The van der Waals surface area contributed by atoms with Crippen molar-refractivity contribution in [2.75, 3.05) is 13.2 Å². The van der Waals surface area contributed by atoms with E-state index in [0.717, 1.165) is 6.42 Å². The fourth-order valence-electron chi connectivity index (χ4n) is 1.89. The van der Waals surface area contributed by atoms with Gasteiger partial charge >= 0.3 is 0 Å². The van der Waals surface area contributed by atoms with Crippen LogP contribution in [0.1, 0.15) is 51.4 Å². The molecule has 112 valence electrons. The molecule has 1 rings (SSSR count). The van der Waals surface area contributed by atoms with Crippen LogP contribution in [0, 0.1) is 5.41 Å². The summed E-state index contributed by atoms with van der Waals surface area (Å²) < 4.78 is 11.1. The lowest BCUT2D eigenvalue weighted by atomic mass is 9.84. The lowest BCUT2D eigenvalue weighted by Gasteiger charge is -2.29. The number of Topliss-reactive ketones (excluding diaryl/α,β-unsaturated/α-hetero) is 1. The van der Waals surface area contributed by atoms with E-state index in [0.29, 0.717) is 24.5 Å². The van der Waals surface area contributed by atoms with Crippen LogP contribution in [0.15, 0.2) is 18.5 Å². The standard InChI is InChI=1S/C16H25NO3/c1-6-8-20-13-9-12(10-17-11-13)14(18)15(19-7-2)16(3,4)5/h9-11,15H,6-8H2,1-5H3. The molecule has 0 bridgehead atoms. The molecule has 4 heteroatoms. The Bertz CT molecular complexity index is 438. The zero-order chi connectivity index (χ0) is 15.2. The third kappa shape index (κ3) is 4.60. The van der Waals surface area contributed by atoms with Crippen molar-refractivity contribution in [2.24, 2.45) is 5.41 Å². The second kappa shape index (κ2) is 7.39. The summed E-state index contributed by atoms with van der Waals surface area (Å²) in [5.41, 5.74) is 0.278. The number of ketones is 1. The van der Waals surface area contributed by atoms with Crippen molar-refractivity contribution in [3.63, 3.8) is 0 Å². The van der Waals surface area contributed by atoms with Crippen LogP contribution >= 0.6 is 0 Å². The number of rotatable bonds is 7. The number of aromatic nitrogens is 1. The summed E-state index contributed by atoms with van der Waals surface area (Å²) in [4.78, 5) is 16.7. The van der Waals surface area contributed by atoms with Gasteiger partial charge in [-0.05, 0) is 24.8 Å². The minimum absolute atomic E-state index is 0.0474. The summed E-state index contributed by atoms with van der Waals surface area (Å²) in [5.74, 6) is 0.579. The Hall–Kier alpha value is -1.42. The first-order chi connectivity index (χ1) is 9.40. The van der Waals surface area contributed by atoms with Crippen molar-refractivity contribution in [1.29, 1.82) is 0 Å². The highest BCUT2D eigenvalue weighted by molar-refractivity contribution is 6.00. The molecule has 0 aliphatic heterocycles. The summed E-state index contributed by atoms with van der Waals surface area (Å²) in [7, 11) is 0. The molecule has 20 heavy (non-hydrogen) atoms. The molecule has 1 heterocycles. The minimum atomic E-state index is -0.476. The molecule has 0 spiro atoms. The van der Waals surface area contributed by atoms with Gasteiger partial charge in [-0.2, -0.15) is 0 Å². The molecule has 0 aliphatic rings. The minimum Gasteiger partial charge on any atom is -0.492 e. The SMILES string of the molecule is CCCOc1cncc(C(=O)C(OCC)C(C)(C)C)c1. The topological polar surface area (TPSA) is 48.4 Å². The number of hydrogen-bond acceptors (Lipinski definition) is 4. The van der Waals surface area contributed by atoms with Crippen molar-refractivity contribution in [2.45, 2.75) is 47.1 Å². The fraction of sp³-hybridized carbons (Fsp3) is 0.625. The Balaban J connectivity index is 2.94. The molecule has 0 saturated heterocycles. The Morgan fingerprint density at radius 3 is 2.55 bits per heavy atom. The third-order valence-corrected chi connectivity index (χ3v) is 2.83. The highest BCUT2D eigenvalue weighted by Gasteiger charge is 2.32. The Labute approximate surface area is 121 Å². The van der Waals surface area contributed by atoms with Crippen LogP contribution in [-0.4, -0.2) is 30.1 Å². The molecule has 1 aromatic rings.